The standard InChI is InChI=1S/C16H15NO3/c1-10-3-6-13(11(2)9-10)14-7-4-12(16(20)17-14)5-8-15(18)19/h3-9H,1-2H3,(H,17,20)(H,18,19)/b8-5+. The number of carboxylic acid groups (broad SMARTS) is 1. The maximum absolute atomic E-state index is 11.9. The zero-order valence-corrected chi connectivity index (χ0v) is 11.3. The average Bonchev–Trinajstić information content (AvgIpc) is 2.37. The number of carboxylic acids is 1. The zero-order chi connectivity index (χ0) is 14.7. The number of nitrogens with one attached hydrogen (secondary N) is 1. The van der Waals surface area contributed by atoms with Crippen molar-refractivity contribution >= 4 is 12.0 Å². The number of aliphatic carboxylic acids is 1. The monoisotopic (exact) mass is 269 g/mol. The van der Waals surface area contributed by atoms with Crippen molar-refractivity contribution in [2.24, 2.45) is 0 Å². The Bertz CT molecular complexity index is 742. The van der Waals surface area contributed by atoms with Gasteiger partial charge in [-0.1, -0.05) is 23.8 Å². The normalized spacial score (nSPS) is 10.9. The van der Waals surface area contributed by atoms with Gasteiger partial charge >= 0.3 is 5.97 Å². The highest BCUT2D eigenvalue weighted by Gasteiger charge is 2.04. The van der Waals surface area contributed by atoms with E-state index in [1.807, 2.05) is 32.0 Å². The molecule has 0 saturated carbocycles. The lowest BCUT2D eigenvalue weighted by molar-refractivity contribution is -0.131. The third kappa shape index (κ3) is 3.03. The first-order valence-corrected chi connectivity index (χ1v) is 6.19. The molecule has 1 aromatic heterocycles. The van der Waals surface area contributed by atoms with Gasteiger partial charge < -0.3 is 10.1 Å². The second-order valence-corrected chi connectivity index (χ2v) is 4.65. The van der Waals surface area contributed by atoms with Crippen molar-refractivity contribution in [3.05, 3.63) is 63.5 Å². The van der Waals surface area contributed by atoms with Crippen molar-refractivity contribution in [2.45, 2.75) is 13.8 Å². The van der Waals surface area contributed by atoms with E-state index in [1.54, 1.807) is 12.1 Å². The Morgan fingerprint density at radius 3 is 2.55 bits per heavy atom. The molecule has 2 rings (SSSR count). The van der Waals surface area contributed by atoms with Crippen molar-refractivity contribution < 1.29 is 9.90 Å². The topological polar surface area (TPSA) is 70.2 Å². The molecule has 0 unspecified atom stereocenters. The predicted octanol–water partition coefficient (Wildman–Crippen LogP) is 2.76. The lowest BCUT2D eigenvalue weighted by Gasteiger charge is -2.07. The van der Waals surface area contributed by atoms with E-state index < -0.39 is 5.97 Å². The van der Waals surface area contributed by atoms with Crippen molar-refractivity contribution in [2.75, 3.05) is 0 Å². The predicted molar refractivity (Wildman–Crippen MR) is 78.6 cm³/mol. The summed E-state index contributed by atoms with van der Waals surface area (Å²) in [6, 6.07) is 9.39. The van der Waals surface area contributed by atoms with Gasteiger partial charge in [0.15, 0.2) is 0 Å². The van der Waals surface area contributed by atoms with E-state index in [-0.39, 0.29) is 5.56 Å². The van der Waals surface area contributed by atoms with E-state index in [0.29, 0.717) is 5.56 Å². The maximum Gasteiger partial charge on any atom is 0.328 e. The van der Waals surface area contributed by atoms with Crippen LogP contribution in [0, 0.1) is 13.8 Å². The number of H-pyrrole nitrogens is 1. The molecular formula is C16H15NO3. The van der Waals surface area contributed by atoms with Crippen LogP contribution < -0.4 is 5.56 Å². The largest absolute Gasteiger partial charge is 0.478 e. The van der Waals surface area contributed by atoms with E-state index in [0.717, 1.165) is 28.5 Å². The Labute approximate surface area is 116 Å². The van der Waals surface area contributed by atoms with Crippen LogP contribution in [-0.2, 0) is 4.79 Å². The molecule has 0 atom stereocenters. The number of carbonyl (C=O) groups is 1. The quantitative estimate of drug-likeness (QED) is 0.842. The van der Waals surface area contributed by atoms with Crippen LogP contribution in [0.25, 0.3) is 17.3 Å². The smallest absolute Gasteiger partial charge is 0.328 e. The molecule has 4 nitrogen and oxygen atoms in total. The summed E-state index contributed by atoms with van der Waals surface area (Å²) in [7, 11) is 0. The SMILES string of the molecule is Cc1ccc(-c2ccc(/C=C/C(=O)O)c(=O)[nH]2)c(C)c1. The second kappa shape index (κ2) is 5.57. The first-order valence-electron chi connectivity index (χ1n) is 6.19. The van der Waals surface area contributed by atoms with Crippen LogP contribution >= 0.6 is 0 Å². The summed E-state index contributed by atoms with van der Waals surface area (Å²) in [6.07, 6.45) is 2.23. The van der Waals surface area contributed by atoms with Crippen LogP contribution in [-0.4, -0.2) is 16.1 Å². The van der Waals surface area contributed by atoms with E-state index in [1.165, 1.54) is 6.08 Å². The molecule has 0 aliphatic carbocycles. The summed E-state index contributed by atoms with van der Waals surface area (Å²) in [5.74, 6) is -1.08. The minimum Gasteiger partial charge on any atom is -0.478 e. The molecule has 0 fully saturated rings. The lowest BCUT2D eigenvalue weighted by atomic mass is 10.0. The molecule has 1 aromatic carbocycles. The highest BCUT2D eigenvalue weighted by atomic mass is 16.4. The van der Waals surface area contributed by atoms with Crippen LogP contribution in [0.2, 0.25) is 0 Å². The minimum atomic E-state index is -1.08. The molecule has 0 aliphatic rings. The molecule has 0 radical (unpaired) electrons. The third-order valence-corrected chi connectivity index (χ3v) is 3.02. The highest BCUT2D eigenvalue weighted by Crippen LogP contribution is 2.21. The molecule has 102 valence electrons. The lowest BCUT2D eigenvalue weighted by Crippen LogP contribution is -2.10. The van der Waals surface area contributed by atoms with E-state index in [2.05, 4.69) is 4.98 Å². The summed E-state index contributed by atoms with van der Waals surface area (Å²) in [6.45, 7) is 4.00. The van der Waals surface area contributed by atoms with Gasteiger partial charge in [0, 0.05) is 22.9 Å². The fourth-order valence-electron chi connectivity index (χ4n) is 2.05. The molecule has 0 saturated heterocycles. The first kappa shape index (κ1) is 13.8. The molecule has 2 N–H and O–H groups in total. The van der Waals surface area contributed by atoms with Crippen molar-refractivity contribution in [3.8, 4) is 11.3 Å². The molecule has 2 aromatic rings. The van der Waals surface area contributed by atoms with Crippen molar-refractivity contribution in [3.63, 3.8) is 0 Å². The van der Waals surface area contributed by atoms with Crippen LogP contribution in [0.3, 0.4) is 0 Å². The van der Waals surface area contributed by atoms with Gasteiger partial charge in [0.1, 0.15) is 0 Å². The number of aromatic nitrogens is 1. The third-order valence-electron chi connectivity index (χ3n) is 3.02. The molecular weight excluding hydrogens is 254 g/mol. The highest BCUT2D eigenvalue weighted by molar-refractivity contribution is 5.85. The maximum atomic E-state index is 11.9. The average molecular weight is 269 g/mol. The fraction of sp³-hybridized carbons (Fsp3) is 0.125. The van der Waals surface area contributed by atoms with Gasteiger partial charge in [-0.3, -0.25) is 4.79 Å². The molecule has 1 heterocycles. The molecule has 4 heteroatoms. The van der Waals surface area contributed by atoms with Gasteiger partial charge in [0.25, 0.3) is 5.56 Å². The van der Waals surface area contributed by atoms with Crippen LogP contribution in [0.4, 0.5) is 0 Å². The van der Waals surface area contributed by atoms with Gasteiger partial charge in [-0.2, -0.15) is 0 Å². The summed E-state index contributed by atoms with van der Waals surface area (Å²) >= 11 is 0. The van der Waals surface area contributed by atoms with Crippen molar-refractivity contribution in [1.82, 2.24) is 4.98 Å². The summed E-state index contributed by atoms with van der Waals surface area (Å²) in [5.41, 5.74) is 3.94. The van der Waals surface area contributed by atoms with Gasteiger partial charge in [-0.15, -0.1) is 0 Å². The summed E-state index contributed by atoms with van der Waals surface area (Å²) in [5, 5.41) is 8.56. The van der Waals surface area contributed by atoms with E-state index in [9.17, 15) is 9.59 Å². The number of aromatic amines is 1. The number of pyridine rings is 1. The first-order chi connectivity index (χ1) is 9.47. The Balaban J connectivity index is 2.43. The Morgan fingerprint density at radius 2 is 1.95 bits per heavy atom. The number of rotatable bonds is 3. The molecule has 0 bridgehead atoms. The number of hydrogen-bond donors (Lipinski definition) is 2. The Morgan fingerprint density at radius 1 is 1.20 bits per heavy atom. The van der Waals surface area contributed by atoms with Crippen LogP contribution in [0.5, 0.6) is 0 Å². The minimum absolute atomic E-state index is 0.306. The number of benzene rings is 1. The second-order valence-electron chi connectivity index (χ2n) is 4.65. The van der Waals surface area contributed by atoms with Gasteiger partial charge in [0.2, 0.25) is 0 Å². The van der Waals surface area contributed by atoms with Crippen molar-refractivity contribution in [1.29, 1.82) is 0 Å². The molecule has 0 aliphatic heterocycles. The van der Waals surface area contributed by atoms with Crippen LogP contribution in [0.15, 0.2) is 41.2 Å². The Kier molecular flexibility index (Phi) is 3.84. The summed E-state index contributed by atoms with van der Waals surface area (Å²) in [4.78, 5) is 25.1. The number of hydrogen-bond acceptors (Lipinski definition) is 2. The van der Waals surface area contributed by atoms with Crippen LogP contribution in [0.1, 0.15) is 16.7 Å². The zero-order valence-electron chi connectivity index (χ0n) is 11.3. The summed E-state index contributed by atoms with van der Waals surface area (Å²) < 4.78 is 0. The molecule has 0 spiro atoms. The number of aryl methyl sites for hydroxylation is 2. The van der Waals surface area contributed by atoms with E-state index >= 15 is 0 Å². The van der Waals surface area contributed by atoms with E-state index in [4.69, 9.17) is 5.11 Å². The van der Waals surface area contributed by atoms with Gasteiger partial charge in [-0.05, 0) is 37.6 Å². The van der Waals surface area contributed by atoms with Gasteiger partial charge in [-0.25, -0.2) is 4.79 Å². The molecule has 20 heavy (non-hydrogen) atoms. The Hall–Kier alpha value is -2.62. The fourth-order valence-corrected chi connectivity index (χ4v) is 2.05. The molecule has 0 amide bonds. The van der Waals surface area contributed by atoms with Gasteiger partial charge in [0.05, 0.1) is 0 Å².